The molecule has 6 nitrogen and oxygen atoms in total. The summed E-state index contributed by atoms with van der Waals surface area (Å²) in [6, 6.07) is 4.65. The number of nitrogens with two attached hydrogens (primary N) is 1. The third-order valence-corrected chi connectivity index (χ3v) is 1.91. The molecule has 0 aliphatic carbocycles. The molecule has 14 heavy (non-hydrogen) atoms. The molecule has 1 aromatic carbocycles. The number of benzene rings is 1. The number of nitro groups is 1. The smallest absolute Gasteiger partial charge is 0.278 e. The van der Waals surface area contributed by atoms with Crippen molar-refractivity contribution in [2.75, 3.05) is 5.73 Å². The summed E-state index contributed by atoms with van der Waals surface area (Å²) in [5, 5.41) is 18.8. The van der Waals surface area contributed by atoms with E-state index in [4.69, 9.17) is 5.73 Å². The van der Waals surface area contributed by atoms with Crippen LogP contribution in [-0.4, -0.2) is 15.1 Å². The van der Waals surface area contributed by atoms with Gasteiger partial charge in [0.1, 0.15) is 0 Å². The molecule has 2 aromatic rings. The molecule has 0 atom stereocenters. The van der Waals surface area contributed by atoms with E-state index in [2.05, 4.69) is 10.2 Å². The molecule has 0 saturated carbocycles. The van der Waals surface area contributed by atoms with Gasteiger partial charge in [-0.15, -0.1) is 5.10 Å². The standard InChI is InChI=1S/C8H6N4O2/c9-8-5-2-1-3-7(12(13)14)6(5)4-10-11-8/h1-4H,(H2,9,11). The zero-order valence-corrected chi connectivity index (χ0v) is 7.04. The Bertz CT molecular complexity index is 512. The van der Waals surface area contributed by atoms with Crippen molar-refractivity contribution in [2.24, 2.45) is 0 Å². The molecule has 1 aromatic heterocycles. The van der Waals surface area contributed by atoms with Gasteiger partial charge in [0.2, 0.25) is 0 Å². The molecular formula is C8H6N4O2. The minimum absolute atomic E-state index is 0.0101. The van der Waals surface area contributed by atoms with Crippen LogP contribution in [-0.2, 0) is 0 Å². The maximum Gasteiger partial charge on any atom is 0.278 e. The number of aromatic nitrogens is 2. The number of hydrogen-bond donors (Lipinski definition) is 1. The number of nitro benzene ring substituents is 1. The normalized spacial score (nSPS) is 10.3. The van der Waals surface area contributed by atoms with Crippen LogP contribution in [0, 0.1) is 10.1 Å². The zero-order valence-electron chi connectivity index (χ0n) is 7.04. The van der Waals surface area contributed by atoms with Gasteiger partial charge in [-0.1, -0.05) is 12.1 Å². The highest BCUT2D eigenvalue weighted by Crippen LogP contribution is 2.26. The highest BCUT2D eigenvalue weighted by atomic mass is 16.6. The van der Waals surface area contributed by atoms with Crippen molar-refractivity contribution in [3.8, 4) is 0 Å². The van der Waals surface area contributed by atoms with Gasteiger partial charge in [-0.3, -0.25) is 10.1 Å². The van der Waals surface area contributed by atoms with E-state index in [1.807, 2.05) is 0 Å². The fraction of sp³-hybridized carbons (Fsp3) is 0. The average Bonchev–Trinajstić information content (AvgIpc) is 2.17. The second-order valence-corrected chi connectivity index (χ2v) is 2.73. The summed E-state index contributed by atoms with van der Waals surface area (Å²) >= 11 is 0. The van der Waals surface area contributed by atoms with Gasteiger partial charge in [-0.2, -0.15) is 5.10 Å². The second kappa shape index (κ2) is 2.91. The van der Waals surface area contributed by atoms with E-state index >= 15 is 0 Å². The first-order valence-electron chi connectivity index (χ1n) is 3.84. The van der Waals surface area contributed by atoms with Crippen molar-refractivity contribution in [1.82, 2.24) is 10.2 Å². The molecule has 2 rings (SSSR count). The van der Waals surface area contributed by atoms with Gasteiger partial charge in [0.05, 0.1) is 16.5 Å². The lowest BCUT2D eigenvalue weighted by atomic mass is 10.1. The first kappa shape index (κ1) is 8.36. The molecule has 6 heteroatoms. The maximum absolute atomic E-state index is 10.6. The minimum atomic E-state index is -0.469. The van der Waals surface area contributed by atoms with Gasteiger partial charge < -0.3 is 5.73 Å². The molecule has 0 bridgehead atoms. The Labute approximate surface area is 78.5 Å². The Morgan fingerprint density at radius 3 is 2.86 bits per heavy atom. The van der Waals surface area contributed by atoms with Gasteiger partial charge >= 0.3 is 0 Å². The molecule has 1 heterocycles. The molecule has 0 amide bonds. The first-order chi connectivity index (χ1) is 6.70. The first-order valence-corrected chi connectivity index (χ1v) is 3.84. The van der Waals surface area contributed by atoms with E-state index in [-0.39, 0.29) is 11.5 Å². The molecule has 0 radical (unpaired) electrons. The van der Waals surface area contributed by atoms with Crippen LogP contribution in [0.4, 0.5) is 11.5 Å². The summed E-state index contributed by atoms with van der Waals surface area (Å²) in [4.78, 5) is 10.2. The second-order valence-electron chi connectivity index (χ2n) is 2.73. The van der Waals surface area contributed by atoms with Crippen LogP contribution in [0.15, 0.2) is 24.4 Å². The van der Waals surface area contributed by atoms with E-state index < -0.39 is 4.92 Å². The Kier molecular flexibility index (Phi) is 1.74. The lowest BCUT2D eigenvalue weighted by Gasteiger charge is -1.99. The van der Waals surface area contributed by atoms with Crippen molar-refractivity contribution in [1.29, 1.82) is 0 Å². The van der Waals surface area contributed by atoms with Crippen LogP contribution in [0.1, 0.15) is 0 Å². The van der Waals surface area contributed by atoms with Gasteiger partial charge in [0, 0.05) is 11.5 Å². The minimum Gasteiger partial charge on any atom is -0.382 e. The largest absolute Gasteiger partial charge is 0.382 e. The van der Waals surface area contributed by atoms with Crippen LogP contribution >= 0.6 is 0 Å². The van der Waals surface area contributed by atoms with Gasteiger partial charge in [0.15, 0.2) is 5.82 Å². The molecule has 0 aliphatic rings. The van der Waals surface area contributed by atoms with E-state index in [1.54, 1.807) is 12.1 Å². The van der Waals surface area contributed by atoms with E-state index in [9.17, 15) is 10.1 Å². The maximum atomic E-state index is 10.6. The molecule has 0 fully saturated rings. The number of fused-ring (bicyclic) bond motifs is 1. The van der Waals surface area contributed by atoms with E-state index in [0.29, 0.717) is 10.8 Å². The Morgan fingerprint density at radius 2 is 2.14 bits per heavy atom. The summed E-state index contributed by atoms with van der Waals surface area (Å²) in [6.45, 7) is 0. The van der Waals surface area contributed by atoms with E-state index in [0.717, 1.165) is 0 Å². The number of nitrogens with zero attached hydrogens (tertiary/aromatic N) is 3. The summed E-state index contributed by atoms with van der Waals surface area (Å²) in [7, 11) is 0. The van der Waals surface area contributed by atoms with Crippen molar-refractivity contribution in [3.63, 3.8) is 0 Å². The molecule has 70 valence electrons. The summed E-state index contributed by atoms with van der Waals surface area (Å²) in [5.74, 6) is 0.200. The van der Waals surface area contributed by atoms with Crippen molar-refractivity contribution < 1.29 is 4.92 Å². The van der Waals surface area contributed by atoms with Crippen LogP contribution in [0.2, 0.25) is 0 Å². The Morgan fingerprint density at radius 1 is 1.36 bits per heavy atom. The summed E-state index contributed by atoms with van der Waals surface area (Å²) < 4.78 is 0. The van der Waals surface area contributed by atoms with Crippen LogP contribution in [0.25, 0.3) is 10.8 Å². The van der Waals surface area contributed by atoms with Crippen LogP contribution < -0.4 is 5.73 Å². The fourth-order valence-electron chi connectivity index (χ4n) is 1.27. The molecule has 0 saturated heterocycles. The average molecular weight is 190 g/mol. The van der Waals surface area contributed by atoms with Crippen molar-refractivity contribution >= 4 is 22.3 Å². The predicted molar refractivity (Wildman–Crippen MR) is 50.6 cm³/mol. The van der Waals surface area contributed by atoms with Crippen LogP contribution in [0.3, 0.4) is 0 Å². The SMILES string of the molecule is Nc1nncc2c([N+](=O)[O-])cccc12. The third-order valence-electron chi connectivity index (χ3n) is 1.91. The van der Waals surface area contributed by atoms with Gasteiger partial charge in [0.25, 0.3) is 5.69 Å². The van der Waals surface area contributed by atoms with Crippen molar-refractivity contribution in [3.05, 3.63) is 34.5 Å². The van der Waals surface area contributed by atoms with E-state index in [1.165, 1.54) is 12.3 Å². The monoisotopic (exact) mass is 190 g/mol. The third kappa shape index (κ3) is 1.13. The van der Waals surface area contributed by atoms with Crippen LogP contribution in [0.5, 0.6) is 0 Å². The molecule has 0 aliphatic heterocycles. The zero-order chi connectivity index (χ0) is 10.1. The Hall–Kier alpha value is -2.24. The lowest BCUT2D eigenvalue weighted by Crippen LogP contribution is -1.96. The fourth-order valence-corrected chi connectivity index (χ4v) is 1.27. The number of non-ortho nitro benzene ring substituents is 1. The molecule has 0 spiro atoms. The molecule has 2 N–H and O–H groups in total. The van der Waals surface area contributed by atoms with Gasteiger partial charge in [-0.05, 0) is 0 Å². The predicted octanol–water partition coefficient (Wildman–Crippen LogP) is 1.12. The summed E-state index contributed by atoms with van der Waals surface area (Å²) in [6.07, 6.45) is 1.34. The number of rotatable bonds is 1. The highest BCUT2D eigenvalue weighted by Gasteiger charge is 2.12. The molecular weight excluding hydrogens is 184 g/mol. The van der Waals surface area contributed by atoms with Crippen molar-refractivity contribution in [2.45, 2.75) is 0 Å². The topological polar surface area (TPSA) is 94.9 Å². The number of anilines is 1. The Balaban J connectivity index is 2.88. The summed E-state index contributed by atoms with van der Waals surface area (Å²) in [5.41, 5.74) is 5.52. The highest BCUT2D eigenvalue weighted by molar-refractivity contribution is 5.96. The molecule has 0 unspecified atom stereocenters. The van der Waals surface area contributed by atoms with Gasteiger partial charge in [-0.25, -0.2) is 0 Å². The number of nitrogen functional groups attached to an aromatic ring is 1. The number of hydrogen-bond acceptors (Lipinski definition) is 5. The lowest BCUT2D eigenvalue weighted by molar-refractivity contribution is -0.383. The quantitative estimate of drug-likeness (QED) is 0.537.